The van der Waals surface area contributed by atoms with Crippen molar-refractivity contribution < 1.29 is 17.9 Å². The lowest BCUT2D eigenvalue weighted by Gasteiger charge is -2.27. The quantitative estimate of drug-likeness (QED) is 0.713. The molecule has 0 unspecified atom stereocenters. The summed E-state index contributed by atoms with van der Waals surface area (Å²) in [6.07, 6.45) is 3.57. The summed E-state index contributed by atoms with van der Waals surface area (Å²) in [6.45, 7) is 7.04. The lowest BCUT2D eigenvalue weighted by Crippen LogP contribution is -2.41. The van der Waals surface area contributed by atoms with Crippen LogP contribution in [0.25, 0.3) is 0 Å². The lowest BCUT2D eigenvalue weighted by atomic mass is 10.1. The summed E-state index contributed by atoms with van der Waals surface area (Å²) < 4.78 is 27.6. The summed E-state index contributed by atoms with van der Waals surface area (Å²) in [7, 11) is -2.93. The number of hydrogen-bond donors (Lipinski definition) is 0. The van der Waals surface area contributed by atoms with Crippen molar-refractivity contribution in [1.82, 2.24) is 4.90 Å². The van der Waals surface area contributed by atoms with Crippen LogP contribution in [0.1, 0.15) is 40.0 Å². The second-order valence-corrected chi connectivity index (χ2v) is 8.47. The maximum absolute atomic E-state index is 12.0. The van der Waals surface area contributed by atoms with Crippen molar-refractivity contribution in [3.63, 3.8) is 0 Å². The summed E-state index contributed by atoms with van der Waals surface area (Å²) >= 11 is 0. The highest BCUT2D eigenvalue weighted by molar-refractivity contribution is 7.90. The van der Waals surface area contributed by atoms with Gasteiger partial charge in [-0.15, -0.1) is 0 Å². The molecule has 1 atom stereocenters. The van der Waals surface area contributed by atoms with Gasteiger partial charge >= 0.3 is 5.97 Å². The van der Waals surface area contributed by atoms with Crippen molar-refractivity contribution in [3.05, 3.63) is 0 Å². The molecule has 112 valence electrons. The van der Waals surface area contributed by atoms with Gasteiger partial charge in [0.25, 0.3) is 0 Å². The Balaban J connectivity index is 2.48. The van der Waals surface area contributed by atoms with Gasteiger partial charge in [-0.1, -0.05) is 0 Å². The Hall–Kier alpha value is -0.620. The number of hydrogen-bond acceptors (Lipinski definition) is 5. The Morgan fingerprint density at radius 3 is 2.53 bits per heavy atom. The zero-order valence-corrected chi connectivity index (χ0v) is 13.1. The Morgan fingerprint density at radius 2 is 2.00 bits per heavy atom. The topological polar surface area (TPSA) is 63.7 Å². The normalized spacial score (nSPS) is 21.6. The van der Waals surface area contributed by atoms with E-state index in [4.69, 9.17) is 4.74 Å². The molecule has 0 N–H and O–H groups in total. The largest absolute Gasteiger partial charge is 0.459 e. The minimum atomic E-state index is -2.93. The van der Waals surface area contributed by atoms with Crippen LogP contribution < -0.4 is 0 Å². The van der Waals surface area contributed by atoms with Crippen LogP contribution in [0.5, 0.6) is 0 Å². The van der Waals surface area contributed by atoms with Crippen LogP contribution in [0.4, 0.5) is 0 Å². The highest BCUT2D eigenvalue weighted by atomic mass is 32.2. The monoisotopic (exact) mass is 291 g/mol. The number of rotatable bonds is 5. The van der Waals surface area contributed by atoms with Gasteiger partial charge in [-0.2, -0.15) is 0 Å². The molecular formula is C13H25NO4S. The van der Waals surface area contributed by atoms with Crippen molar-refractivity contribution >= 4 is 15.8 Å². The number of esters is 1. The van der Waals surface area contributed by atoms with Gasteiger partial charge in [-0.3, -0.25) is 9.69 Å². The van der Waals surface area contributed by atoms with E-state index < -0.39 is 15.4 Å². The Kier molecular flexibility index (Phi) is 5.38. The molecule has 0 saturated carbocycles. The first kappa shape index (κ1) is 16.4. The summed E-state index contributed by atoms with van der Waals surface area (Å²) in [5, 5.41) is 0. The molecule has 1 fully saturated rings. The maximum Gasteiger partial charge on any atom is 0.323 e. The van der Waals surface area contributed by atoms with E-state index in [2.05, 4.69) is 0 Å². The van der Waals surface area contributed by atoms with Crippen LogP contribution in [-0.2, 0) is 19.4 Å². The van der Waals surface area contributed by atoms with Crippen molar-refractivity contribution in [2.75, 3.05) is 25.1 Å². The highest BCUT2D eigenvalue weighted by Crippen LogP contribution is 2.21. The molecule has 1 rings (SSSR count). The zero-order chi connectivity index (χ0) is 14.7. The van der Waals surface area contributed by atoms with Gasteiger partial charge in [-0.05, 0) is 53.1 Å². The molecule has 0 aromatic heterocycles. The number of sulfone groups is 1. The molecule has 1 saturated heterocycles. The lowest BCUT2D eigenvalue weighted by molar-refractivity contribution is -0.160. The predicted octanol–water partition coefficient (Wildman–Crippen LogP) is 1.23. The van der Waals surface area contributed by atoms with E-state index in [1.165, 1.54) is 6.26 Å². The molecule has 1 aliphatic rings. The number of carbonyl (C=O) groups excluding carboxylic acids is 1. The second-order valence-electron chi connectivity index (χ2n) is 6.21. The molecule has 0 spiro atoms. The summed E-state index contributed by atoms with van der Waals surface area (Å²) in [5.74, 6) is -0.0192. The van der Waals surface area contributed by atoms with Crippen LogP contribution in [-0.4, -0.2) is 56.0 Å². The van der Waals surface area contributed by atoms with Gasteiger partial charge in [0, 0.05) is 6.26 Å². The third kappa shape index (κ3) is 6.38. The summed E-state index contributed by atoms with van der Waals surface area (Å²) in [4.78, 5) is 14.1. The summed E-state index contributed by atoms with van der Waals surface area (Å²) in [5.41, 5.74) is -0.474. The molecule has 0 radical (unpaired) electrons. The molecular weight excluding hydrogens is 266 g/mol. The summed E-state index contributed by atoms with van der Waals surface area (Å²) in [6, 6.07) is -0.209. The molecule has 5 nitrogen and oxygen atoms in total. The minimum absolute atomic E-state index is 0.171. The number of nitrogens with zero attached hydrogens (tertiary/aromatic N) is 1. The molecule has 0 aromatic rings. The molecule has 6 heteroatoms. The minimum Gasteiger partial charge on any atom is -0.459 e. The SMILES string of the molecule is CC(C)(C)OC(=O)[C@@H]1CCCN1CCCS(C)(=O)=O. The van der Waals surface area contributed by atoms with E-state index in [1.807, 2.05) is 25.7 Å². The van der Waals surface area contributed by atoms with Crippen LogP contribution in [0, 0.1) is 0 Å². The van der Waals surface area contributed by atoms with Crippen molar-refractivity contribution in [1.29, 1.82) is 0 Å². The smallest absolute Gasteiger partial charge is 0.323 e. The van der Waals surface area contributed by atoms with Crippen LogP contribution in [0.15, 0.2) is 0 Å². The van der Waals surface area contributed by atoms with Gasteiger partial charge in [0.1, 0.15) is 21.5 Å². The number of likely N-dealkylation sites (tertiary alicyclic amines) is 1. The first-order valence-corrected chi connectivity index (χ1v) is 8.79. The van der Waals surface area contributed by atoms with Crippen molar-refractivity contribution in [2.24, 2.45) is 0 Å². The van der Waals surface area contributed by atoms with E-state index >= 15 is 0 Å². The number of carbonyl (C=O) groups is 1. The average Bonchev–Trinajstić information content (AvgIpc) is 2.61. The van der Waals surface area contributed by atoms with E-state index in [1.54, 1.807) is 0 Å². The van der Waals surface area contributed by atoms with Gasteiger partial charge in [0.2, 0.25) is 0 Å². The Labute approximate surface area is 116 Å². The Bertz CT molecular complexity index is 411. The fraction of sp³-hybridized carbons (Fsp3) is 0.923. The van der Waals surface area contributed by atoms with Gasteiger partial charge in [-0.25, -0.2) is 8.42 Å². The Morgan fingerprint density at radius 1 is 1.37 bits per heavy atom. The first-order chi connectivity index (χ1) is 8.58. The molecule has 19 heavy (non-hydrogen) atoms. The predicted molar refractivity (Wildman–Crippen MR) is 74.8 cm³/mol. The van der Waals surface area contributed by atoms with E-state index in [9.17, 15) is 13.2 Å². The number of ether oxygens (including phenoxy) is 1. The van der Waals surface area contributed by atoms with Gasteiger partial charge in [0.05, 0.1) is 5.75 Å². The molecule has 0 aromatic carbocycles. The second kappa shape index (κ2) is 6.22. The third-order valence-corrected chi connectivity index (χ3v) is 4.03. The standard InChI is InChI=1S/C13H25NO4S/c1-13(2,3)18-12(15)11-7-5-8-14(11)9-6-10-19(4,16)17/h11H,5-10H2,1-4H3/t11-/m0/s1. The van der Waals surface area contributed by atoms with E-state index in [-0.39, 0.29) is 17.8 Å². The van der Waals surface area contributed by atoms with Crippen LogP contribution in [0.3, 0.4) is 0 Å². The molecule has 1 heterocycles. The molecule has 0 aliphatic carbocycles. The average molecular weight is 291 g/mol. The van der Waals surface area contributed by atoms with E-state index in [0.29, 0.717) is 13.0 Å². The first-order valence-electron chi connectivity index (χ1n) is 6.73. The molecule has 0 amide bonds. The van der Waals surface area contributed by atoms with Crippen molar-refractivity contribution in [2.45, 2.75) is 51.7 Å². The molecule has 0 bridgehead atoms. The highest BCUT2D eigenvalue weighted by Gasteiger charge is 2.33. The van der Waals surface area contributed by atoms with Gasteiger partial charge < -0.3 is 4.74 Å². The fourth-order valence-electron chi connectivity index (χ4n) is 2.26. The zero-order valence-electron chi connectivity index (χ0n) is 12.3. The molecule has 1 aliphatic heterocycles. The van der Waals surface area contributed by atoms with Gasteiger partial charge in [0.15, 0.2) is 0 Å². The van der Waals surface area contributed by atoms with Crippen molar-refractivity contribution in [3.8, 4) is 0 Å². The fourth-order valence-corrected chi connectivity index (χ4v) is 2.91. The third-order valence-electron chi connectivity index (χ3n) is 3.00. The van der Waals surface area contributed by atoms with Crippen LogP contribution >= 0.6 is 0 Å². The van der Waals surface area contributed by atoms with E-state index in [0.717, 1.165) is 19.4 Å². The maximum atomic E-state index is 12.0. The van der Waals surface area contributed by atoms with Crippen LogP contribution in [0.2, 0.25) is 0 Å².